The molecule has 1 amide bonds. The van der Waals surface area contributed by atoms with Crippen LogP contribution < -0.4 is 15.2 Å². The van der Waals surface area contributed by atoms with Crippen molar-refractivity contribution in [2.75, 3.05) is 19.8 Å². The molecule has 2 rings (SSSR count). The molecular formula is C14H17NO6. The van der Waals surface area contributed by atoms with E-state index in [2.05, 4.69) is 0 Å². The molecule has 114 valence electrons. The van der Waals surface area contributed by atoms with Crippen LogP contribution in [0.1, 0.15) is 6.92 Å². The maximum absolute atomic E-state index is 11.8. The van der Waals surface area contributed by atoms with E-state index in [1.807, 2.05) is 0 Å². The van der Waals surface area contributed by atoms with Crippen LogP contribution in [0.25, 0.3) is 0 Å². The lowest BCUT2D eigenvalue weighted by atomic mass is 10.3. The molecule has 7 heteroatoms. The molecule has 0 aromatic heterocycles. The summed E-state index contributed by atoms with van der Waals surface area (Å²) >= 11 is 0. The molecule has 1 aliphatic heterocycles. The lowest BCUT2D eigenvalue weighted by Gasteiger charge is -2.21. The van der Waals surface area contributed by atoms with Crippen LogP contribution >= 0.6 is 0 Å². The first-order chi connectivity index (χ1) is 10.1. The summed E-state index contributed by atoms with van der Waals surface area (Å²) in [6, 6.07) is 6.29. The number of carbonyl (C=O) groups excluding carboxylic acids is 2. The molecule has 0 spiro atoms. The fraction of sp³-hybridized carbons (Fsp3) is 0.429. The van der Waals surface area contributed by atoms with E-state index in [-0.39, 0.29) is 6.61 Å². The highest BCUT2D eigenvalue weighted by molar-refractivity contribution is 5.79. The summed E-state index contributed by atoms with van der Waals surface area (Å²) in [4.78, 5) is 22.7. The van der Waals surface area contributed by atoms with Crippen molar-refractivity contribution in [3.8, 4) is 11.5 Å². The Hall–Kier alpha value is -2.12. The first-order valence-corrected chi connectivity index (χ1v) is 6.53. The Balaban J connectivity index is 1.89. The Labute approximate surface area is 121 Å². The molecular weight excluding hydrogens is 278 g/mol. The molecule has 1 fully saturated rings. The molecule has 1 aromatic carbocycles. The van der Waals surface area contributed by atoms with Gasteiger partial charge in [-0.15, -0.1) is 0 Å². The topological polar surface area (TPSA) is 97.1 Å². The number of primary amides is 1. The van der Waals surface area contributed by atoms with Crippen LogP contribution in [0.15, 0.2) is 24.3 Å². The number of carbonyl (C=O) groups is 2. The minimum Gasteiger partial charge on any atom is -0.481 e. The summed E-state index contributed by atoms with van der Waals surface area (Å²) < 4.78 is 20.8. The van der Waals surface area contributed by atoms with Gasteiger partial charge in [-0.05, 0) is 31.2 Å². The molecule has 1 aromatic rings. The number of hydrogen-bond donors (Lipinski definition) is 1. The summed E-state index contributed by atoms with van der Waals surface area (Å²) in [5, 5.41) is 0. The zero-order valence-electron chi connectivity index (χ0n) is 11.6. The van der Waals surface area contributed by atoms with Crippen molar-refractivity contribution in [2.45, 2.75) is 19.1 Å². The fourth-order valence-corrected chi connectivity index (χ4v) is 1.65. The average molecular weight is 295 g/mol. The van der Waals surface area contributed by atoms with Crippen molar-refractivity contribution in [1.29, 1.82) is 0 Å². The minimum absolute atomic E-state index is 0.191. The SMILES string of the molecule is C[C@@H](Oc1ccc(OC(=O)[C@H]2COCCO2)cc1)C(N)=O. The van der Waals surface area contributed by atoms with E-state index < -0.39 is 24.1 Å². The molecule has 7 nitrogen and oxygen atoms in total. The van der Waals surface area contributed by atoms with Gasteiger partial charge in [-0.1, -0.05) is 0 Å². The van der Waals surface area contributed by atoms with E-state index in [9.17, 15) is 9.59 Å². The third-order valence-corrected chi connectivity index (χ3v) is 2.83. The molecule has 1 heterocycles. The Kier molecular flexibility index (Phi) is 5.13. The second-order valence-electron chi connectivity index (χ2n) is 4.49. The number of amides is 1. The zero-order chi connectivity index (χ0) is 15.2. The smallest absolute Gasteiger partial charge is 0.343 e. The fourth-order valence-electron chi connectivity index (χ4n) is 1.65. The quantitative estimate of drug-likeness (QED) is 0.618. The lowest BCUT2D eigenvalue weighted by Crippen LogP contribution is -2.38. The van der Waals surface area contributed by atoms with Gasteiger partial charge in [-0.25, -0.2) is 4.79 Å². The molecule has 0 bridgehead atoms. The van der Waals surface area contributed by atoms with Gasteiger partial charge >= 0.3 is 5.97 Å². The van der Waals surface area contributed by atoms with Crippen LogP contribution in [-0.2, 0) is 19.1 Å². The normalized spacial score (nSPS) is 19.6. The predicted octanol–water partition coefficient (Wildman–Crippen LogP) is 0.260. The Bertz CT molecular complexity index is 495. The van der Waals surface area contributed by atoms with Gasteiger partial charge in [0.25, 0.3) is 5.91 Å². The van der Waals surface area contributed by atoms with Crippen LogP contribution in [0.5, 0.6) is 11.5 Å². The van der Waals surface area contributed by atoms with Gasteiger partial charge < -0.3 is 24.7 Å². The van der Waals surface area contributed by atoms with Gasteiger partial charge in [0.1, 0.15) is 11.5 Å². The number of nitrogens with two attached hydrogens (primary N) is 1. The van der Waals surface area contributed by atoms with Crippen molar-refractivity contribution >= 4 is 11.9 Å². The van der Waals surface area contributed by atoms with Crippen molar-refractivity contribution in [2.24, 2.45) is 5.73 Å². The summed E-state index contributed by atoms with van der Waals surface area (Å²) in [6.07, 6.45) is -1.43. The van der Waals surface area contributed by atoms with Crippen molar-refractivity contribution in [3.63, 3.8) is 0 Å². The molecule has 1 saturated heterocycles. The van der Waals surface area contributed by atoms with Crippen LogP contribution in [0, 0.1) is 0 Å². The molecule has 1 aliphatic rings. The molecule has 0 aliphatic carbocycles. The summed E-state index contributed by atoms with van der Waals surface area (Å²) in [6.45, 7) is 2.60. The number of hydrogen-bond acceptors (Lipinski definition) is 6. The van der Waals surface area contributed by atoms with Gasteiger partial charge in [-0.2, -0.15) is 0 Å². The molecule has 21 heavy (non-hydrogen) atoms. The maximum atomic E-state index is 11.8. The van der Waals surface area contributed by atoms with Crippen molar-refractivity contribution in [1.82, 2.24) is 0 Å². The molecule has 0 unspecified atom stereocenters. The maximum Gasteiger partial charge on any atom is 0.343 e. The van der Waals surface area contributed by atoms with Gasteiger partial charge in [0.15, 0.2) is 12.2 Å². The van der Waals surface area contributed by atoms with E-state index in [1.165, 1.54) is 0 Å². The van der Waals surface area contributed by atoms with E-state index in [0.29, 0.717) is 24.7 Å². The predicted molar refractivity (Wildman–Crippen MR) is 71.9 cm³/mol. The van der Waals surface area contributed by atoms with Gasteiger partial charge in [0.05, 0.1) is 19.8 Å². The minimum atomic E-state index is -0.730. The van der Waals surface area contributed by atoms with Crippen molar-refractivity contribution < 1.29 is 28.5 Å². The zero-order valence-corrected chi connectivity index (χ0v) is 11.6. The van der Waals surface area contributed by atoms with Crippen LogP contribution in [0.2, 0.25) is 0 Å². The second kappa shape index (κ2) is 7.05. The van der Waals surface area contributed by atoms with E-state index >= 15 is 0 Å². The molecule has 2 atom stereocenters. The first-order valence-electron chi connectivity index (χ1n) is 6.53. The van der Waals surface area contributed by atoms with Crippen LogP contribution in [-0.4, -0.2) is 43.9 Å². The van der Waals surface area contributed by atoms with Crippen LogP contribution in [0.3, 0.4) is 0 Å². The van der Waals surface area contributed by atoms with Gasteiger partial charge in [0.2, 0.25) is 0 Å². The second-order valence-corrected chi connectivity index (χ2v) is 4.49. The largest absolute Gasteiger partial charge is 0.481 e. The first kappa shape index (κ1) is 15.3. The standard InChI is InChI=1S/C14H17NO6/c1-9(13(15)16)20-10-2-4-11(5-3-10)21-14(17)12-8-18-6-7-19-12/h2-5,9,12H,6-8H2,1H3,(H2,15,16)/t9-,12-/m1/s1. The Morgan fingerprint density at radius 3 is 2.48 bits per heavy atom. The number of benzene rings is 1. The highest BCUT2D eigenvalue weighted by atomic mass is 16.6. The summed E-state index contributed by atoms with van der Waals surface area (Å²) in [7, 11) is 0. The number of ether oxygens (including phenoxy) is 4. The lowest BCUT2D eigenvalue weighted by molar-refractivity contribution is -0.161. The Morgan fingerprint density at radius 1 is 1.24 bits per heavy atom. The summed E-state index contributed by atoms with van der Waals surface area (Å²) in [5.74, 6) is -0.250. The highest BCUT2D eigenvalue weighted by Gasteiger charge is 2.24. The van der Waals surface area contributed by atoms with Crippen molar-refractivity contribution in [3.05, 3.63) is 24.3 Å². The summed E-state index contributed by atoms with van der Waals surface area (Å²) in [5.41, 5.74) is 5.10. The third kappa shape index (κ3) is 4.44. The van der Waals surface area contributed by atoms with Crippen LogP contribution in [0.4, 0.5) is 0 Å². The molecule has 2 N–H and O–H groups in total. The molecule has 0 saturated carbocycles. The highest BCUT2D eigenvalue weighted by Crippen LogP contribution is 2.19. The van der Waals surface area contributed by atoms with E-state index in [4.69, 9.17) is 24.7 Å². The van der Waals surface area contributed by atoms with Gasteiger partial charge in [0, 0.05) is 0 Å². The average Bonchev–Trinajstić information content (AvgIpc) is 2.50. The number of esters is 1. The third-order valence-electron chi connectivity index (χ3n) is 2.83. The van der Waals surface area contributed by atoms with E-state index in [0.717, 1.165) is 0 Å². The molecule has 0 radical (unpaired) electrons. The number of rotatable bonds is 5. The monoisotopic (exact) mass is 295 g/mol. The Morgan fingerprint density at radius 2 is 1.90 bits per heavy atom. The van der Waals surface area contributed by atoms with E-state index in [1.54, 1.807) is 31.2 Å². The van der Waals surface area contributed by atoms with Gasteiger partial charge in [-0.3, -0.25) is 4.79 Å².